The zero-order valence-corrected chi connectivity index (χ0v) is 17.8. The molecule has 0 bridgehead atoms. The summed E-state index contributed by atoms with van der Waals surface area (Å²) >= 11 is 0. The third-order valence-corrected chi connectivity index (χ3v) is 5.06. The van der Waals surface area contributed by atoms with Crippen LogP contribution >= 0.6 is 0 Å². The lowest BCUT2D eigenvalue weighted by Crippen LogP contribution is -2.43. The first-order valence-corrected chi connectivity index (χ1v) is 9.86. The number of hydrogen-bond acceptors (Lipinski definition) is 5. The van der Waals surface area contributed by atoms with Gasteiger partial charge >= 0.3 is 5.97 Å². The predicted octanol–water partition coefficient (Wildman–Crippen LogP) is 1.86. The summed E-state index contributed by atoms with van der Waals surface area (Å²) in [5.74, 6) is -1.02. The van der Waals surface area contributed by atoms with Gasteiger partial charge in [-0.2, -0.15) is 0 Å². The van der Waals surface area contributed by atoms with Gasteiger partial charge in [-0.1, -0.05) is 30.3 Å². The third kappa shape index (κ3) is 5.42. The second-order valence-corrected chi connectivity index (χ2v) is 7.30. The summed E-state index contributed by atoms with van der Waals surface area (Å²) in [6.07, 6.45) is 1.55. The summed E-state index contributed by atoms with van der Waals surface area (Å²) in [5, 5.41) is 5.42. The van der Waals surface area contributed by atoms with Crippen LogP contribution in [0.1, 0.15) is 21.5 Å². The van der Waals surface area contributed by atoms with Gasteiger partial charge in [0.25, 0.3) is 11.5 Å². The molecule has 2 aromatic carbocycles. The standard InChI is InChI=1S/C23H26N4O4/c1-26(19-7-5-4-6-8-19)15-16-9-11-17(12-10-16)21(28)25-20(23(30)31-3)13-18-14-24-27(2)22(18)29/h4-12,14,20,24H,13,15H2,1-3H3,(H,25,28)/t20-/m1/s1. The summed E-state index contributed by atoms with van der Waals surface area (Å²) in [6.45, 7) is 0.688. The molecule has 162 valence electrons. The van der Waals surface area contributed by atoms with E-state index in [1.807, 2.05) is 49.5 Å². The number of amides is 1. The van der Waals surface area contributed by atoms with Crippen molar-refractivity contribution < 1.29 is 14.3 Å². The Labute approximate surface area is 180 Å². The molecule has 0 fully saturated rings. The second-order valence-electron chi connectivity index (χ2n) is 7.30. The number of carbonyl (C=O) groups is 2. The number of aromatic nitrogens is 2. The molecule has 1 heterocycles. The van der Waals surface area contributed by atoms with Crippen LogP contribution in [0.25, 0.3) is 0 Å². The van der Waals surface area contributed by atoms with Crippen molar-refractivity contribution in [2.45, 2.75) is 19.0 Å². The number of aryl methyl sites for hydroxylation is 1. The first kappa shape index (κ1) is 21.9. The molecule has 0 aliphatic carbocycles. The van der Waals surface area contributed by atoms with E-state index < -0.39 is 17.9 Å². The number of para-hydroxylation sites is 1. The van der Waals surface area contributed by atoms with Gasteiger partial charge in [-0.3, -0.25) is 14.3 Å². The SMILES string of the molecule is COC(=O)[C@@H](Cc1c[nH]n(C)c1=O)NC(=O)c1ccc(CN(C)c2ccccc2)cc1. The zero-order valence-electron chi connectivity index (χ0n) is 17.8. The molecule has 0 aliphatic heterocycles. The molecule has 3 aromatic rings. The third-order valence-electron chi connectivity index (χ3n) is 5.06. The average molecular weight is 422 g/mol. The Bertz CT molecular complexity index is 1090. The van der Waals surface area contributed by atoms with Gasteiger partial charge in [-0.15, -0.1) is 0 Å². The molecule has 3 rings (SSSR count). The topological polar surface area (TPSA) is 96.4 Å². The summed E-state index contributed by atoms with van der Waals surface area (Å²) in [7, 11) is 4.82. The van der Waals surface area contributed by atoms with Crippen LogP contribution in [0.15, 0.2) is 65.6 Å². The molecule has 0 saturated heterocycles. The first-order chi connectivity index (χ1) is 14.9. The van der Waals surface area contributed by atoms with Gasteiger partial charge < -0.3 is 20.1 Å². The van der Waals surface area contributed by atoms with Gasteiger partial charge in [0.05, 0.1) is 7.11 Å². The van der Waals surface area contributed by atoms with Crippen LogP contribution in [0.4, 0.5) is 5.69 Å². The average Bonchev–Trinajstić information content (AvgIpc) is 3.11. The zero-order chi connectivity index (χ0) is 22.4. The van der Waals surface area contributed by atoms with Gasteiger partial charge in [0.1, 0.15) is 6.04 Å². The Hall–Kier alpha value is -3.81. The number of aromatic amines is 1. The minimum absolute atomic E-state index is 0.0363. The maximum absolute atomic E-state index is 12.7. The van der Waals surface area contributed by atoms with Gasteiger partial charge in [0.2, 0.25) is 0 Å². The van der Waals surface area contributed by atoms with Gasteiger partial charge in [0, 0.05) is 50.1 Å². The van der Waals surface area contributed by atoms with E-state index in [4.69, 9.17) is 4.74 Å². The van der Waals surface area contributed by atoms with E-state index >= 15 is 0 Å². The van der Waals surface area contributed by atoms with E-state index in [2.05, 4.69) is 15.3 Å². The molecule has 0 radical (unpaired) electrons. The van der Waals surface area contributed by atoms with Crippen LogP contribution in [-0.4, -0.2) is 41.9 Å². The van der Waals surface area contributed by atoms with Crippen LogP contribution in [0.5, 0.6) is 0 Å². The number of ether oxygens (including phenoxy) is 1. The molecule has 0 saturated carbocycles. The van der Waals surface area contributed by atoms with Gasteiger partial charge in [0.15, 0.2) is 0 Å². The maximum atomic E-state index is 12.7. The number of H-pyrrole nitrogens is 1. The van der Waals surface area contributed by atoms with Crippen molar-refractivity contribution in [3.8, 4) is 0 Å². The highest BCUT2D eigenvalue weighted by Crippen LogP contribution is 2.15. The Morgan fingerprint density at radius 3 is 2.39 bits per heavy atom. The normalized spacial score (nSPS) is 11.6. The molecule has 0 aliphatic rings. The van der Waals surface area contributed by atoms with E-state index in [1.54, 1.807) is 19.2 Å². The van der Waals surface area contributed by atoms with E-state index in [0.29, 0.717) is 17.7 Å². The quantitative estimate of drug-likeness (QED) is 0.540. The molecular formula is C23H26N4O4. The number of rotatable bonds is 8. The Kier molecular flexibility index (Phi) is 6.92. The number of methoxy groups -OCH3 is 1. The Morgan fingerprint density at radius 2 is 1.81 bits per heavy atom. The lowest BCUT2D eigenvalue weighted by molar-refractivity contribution is -0.142. The summed E-state index contributed by atoms with van der Waals surface area (Å²) < 4.78 is 6.10. The van der Waals surface area contributed by atoms with Crippen molar-refractivity contribution in [3.05, 3.63) is 87.8 Å². The number of benzene rings is 2. The summed E-state index contributed by atoms with van der Waals surface area (Å²) in [5.41, 5.74) is 2.69. The van der Waals surface area contributed by atoms with Crippen LogP contribution < -0.4 is 15.8 Å². The first-order valence-electron chi connectivity index (χ1n) is 9.86. The minimum Gasteiger partial charge on any atom is -0.467 e. The highest BCUT2D eigenvalue weighted by molar-refractivity contribution is 5.96. The van der Waals surface area contributed by atoms with Crippen molar-refractivity contribution in [2.75, 3.05) is 19.1 Å². The number of carbonyl (C=O) groups excluding carboxylic acids is 2. The lowest BCUT2D eigenvalue weighted by atomic mass is 10.1. The molecular weight excluding hydrogens is 396 g/mol. The predicted molar refractivity (Wildman–Crippen MR) is 118 cm³/mol. The lowest BCUT2D eigenvalue weighted by Gasteiger charge is -2.19. The number of anilines is 1. The van der Waals surface area contributed by atoms with E-state index in [1.165, 1.54) is 18.0 Å². The number of hydrogen-bond donors (Lipinski definition) is 2. The van der Waals surface area contributed by atoms with E-state index in [0.717, 1.165) is 11.3 Å². The molecule has 8 nitrogen and oxygen atoms in total. The fraction of sp³-hybridized carbons (Fsp3) is 0.261. The van der Waals surface area contributed by atoms with Crippen molar-refractivity contribution >= 4 is 17.6 Å². The Balaban J connectivity index is 1.67. The molecule has 8 heteroatoms. The molecule has 1 amide bonds. The van der Waals surface area contributed by atoms with Crippen molar-refractivity contribution in [1.82, 2.24) is 15.1 Å². The maximum Gasteiger partial charge on any atom is 0.328 e. The van der Waals surface area contributed by atoms with Crippen LogP contribution in [0, 0.1) is 0 Å². The van der Waals surface area contributed by atoms with Crippen molar-refractivity contribution in [3.63, 3.8) is 0 Å². The van der Waals surface area contributed by atoms with Crippen LogP contribution in [-0.2, 0) is 29.5 Å². The number of nitrogens with one attached hydrogen (secondary N) is 2. The van der Waals surface area contributed by atoms with Crippen LogP contribution in [0.3, 0.4) is 0 Å². The minimum atomic E-state index is -0.968. The second kappa shape index (κ2) is 9.80. The summed E-state index contributed by atoms with van der Waals surface area (Å²) in [6, 6.07) is 16.2. The van der Waals surface area contributed by atoms with Crippen LogP contribution in [0.2, 0.25) is 0 Å². The highest BCUT2D eigenvalue weighted by Gasteiger charge is 2.24. The van der Waals surface area contributed by atoms with Crippen molar-refractivity contribution in [2.24, 2.45) is 7.05 Å². The molecule has 1 atom stereocenters. The molecule has 31 heavy (non-hydrogen) atoms. The van der Waals surface area contributed by atoms with Gasteiger partial charge in [-0.25, -0.2) is 4.79 Å². The van der Waals surface area contributed by atoms with Crippen molar-refractivity contribution in [1.29, 1.82) is 0 Å². The number of nitrogens with zero attached hydrogens (tertiary/aromatic N) is 2. The molecule has 1 aromatic heterocycles. The molecule has 0 spiro atoms. The number of esters is 1. The smallest absolute Gasteiger partial charge is 0.328 e. The van der Waals surface area contributed by atoms with Gasteiger partial charge in [-0.05, 0) is 29.8 Å². The monoisotopic (exact) mass is 422 g/mol. The Morgan fingerprint density at radius 1 is 1.13 bits per heavy atom. The van der Waals surface area contributed by atoms with E-state index in [-0.39, 0.29) is 12.0 Å². The summed E-state index contributed by atoms with van der Waals surface area (Å²) in [4.78, 5) is 39.0. The molecule has 0 unspecified atom stereocenters. The van der Waals surface area contributed by atoms with E-state index in [9.17, 15) is 14.4 Å². The molecule has 2 N–H and O–H groups in total. The fourth-order valence-electron chi connectivity index (χ4n) is 3.26. The highest BCUT2D eigenvalue weighted by atomic mass is 16.5. The largest absolute Gasteiger partial charge is 0.467 e. The fourth-order valence-corrected chi connectivity index (χ4v) is 3.26.